The van der Waals surface area contributed by atoms with Crippen molar-refractivity contribution in [2.45, 2.75) is 44.1 Å². The van der Waals surface area contributed by atoms with E-state index in [1.54, 1.807) is 6.92 Å². The van der Waals surface area contributed by atoms with E-state index in [1.165, 1.54) is 0 Å². The van der Waals surface area contributed by atoms with Crippen molar-refractivity contribution < 1.29 is 15.0 Å². The number of carboxylic acid groups (broad SMARTS) is 1. The third-order valence-corrected chi connectivity index (χ3v) is 4.20. The van der Waals surface area contributed by atoms with Gasteiger partial charge in [-0.05, 0) is 66.5 Å². The molecule has 3 nitrogen and oxygen atoms in total. The molecule has 0 spiro atoms. The first-order valence-electron chi connectivity index (χ1n) is 6.51. The molecule has 2 unspecified atom stereocenters. The lowest BCUT2D eigenvalue weighted by Crippen LogP contribution is -2.33. The molecule has 108 valence electrons. The quantitative estimate of drug-likeness (QED) is 0.559. The normalized spacial score (nSPS) is 15.1. The third kappa shape index (κ3) is 4.50. The molecule has 0 radical (unpaired) electrons. The van der Waals surface area contributed by atoms with E-state index in [-0.39, 0.29) is 0 Å². The van der Waals surface area contributed by atoms with Gasteiger partial charge in [-0.1, -0.05) is 12.1 Å². The van der Waals surface area contributed by atoms with Crippen LogP contribution >= 0.6 is 22.6 Å². The maximum Gasteiger partial charge on any atom is 0.313 e. The summed E-state index contributed by atoms with van der Waals surface area (Å²) in [4.78, 5) is 11.6. The number of terminal acetylenes is 1. The van der Waals surface area contributed by atoms with Crippen LogP contribution in [0.15, 0.2) is 24.3 Å². The van der Waals surface area contributed by atoms with Crippen molar-refractivity contribution in [2.75, 3.05) is 0 Å². The summed E-state index contributed by atoms with van der Waals surface area (Å²) in [6, 6.07) is 7.48. The van der Waals surface area contributed by atoms with Crippen LogP contribution in [0.1, 0.15) is 38.2 Å². The van der Waals surface area contributed by atoms with Crippen LogP contribution in [-0.2, 0) is 10.2 Å². The Bertz CT molecular complexity index is 507. The van der Waals surface area contributed by atoms with Gasteiger partial charge in [0.05, 0.1) is 11.5 Å². The molecule has 0 saturated carbocycles. The van der Waals surface area contributed by atoms with Crippen LogP contribution in [0.4, 0.5) is 0 Å². The Labute approximate surface area is 133 Å². The topological polar surface area (TPSA) is 57.5 Å². The van der Waals surface area contributed by atoms with Crippen molar-refractivity contribution in [1.29, 1.82) is 0 Å². The zero-order valence-electron chi connectivity index (χ0n) is 11.5. The van der Waals surface area contributed by atoms with Crippen molar-refractivity contribution in [2.24, 2.45) is 0 Å². The van der Waals surface area contributed by atoms with Crippen LogP contribution in [0.3, 0.4) is 0 Å². The molecular weight excluding hydrogens is 367 g/mol. The lowest BCUT2D eigenvalue weighted by atomic mass is 9.78. The summed E-state index contributed by atoms with van der Waals surface area (Å²) in [5, 5.41) is 19.4. The summed E-state index contributed by atoms with van der Waals surface area (Å²) >= 11 is 2.16. The number of rotatable bonds is 7. The van der Waals surface area contributed by atoms with E-state index in [2.05, 4.69) is 28.5 Å². The van der Waals surface area contributed by atoms with Gasteiger partial charge in [-0.15, -0.1) is 12.3 Å². The van der Waals surface area contributed by atoms with Gasteiger partial charge >= 0.3 is 5.97 Å². The first-order chi connectivity index (χ1) is 9.40. The van der Waals surface area contributed by atoms with Gasteiger partial charge < -0.3 is 10.2 Å². The molecule has 2 N–H and O–H groups in total. The van der Waals surface area contributed by atoms with Crippen molar-refractivity contribution >= 4 is 28.6 Å². The first kappa shape index (κ1) is 17.0. The molecule has 0 fully saturated rings. The van der Waals surface area contributed by atoms with Gasteiger partial charge in [-0.3, -0.25) is 4.79 Å². The molecule has 4 heteroatoms. The van der Waals surface area contributed by atoms with Crippen LogP contribution in [0, 0.1) is 15.9 Å². The molecule has 1 rings (SSSR count). The monoisotopic (exact) mass is 386 g/mol. The summed E-state index contributed by atoms with van der Waals surface area (Å²) in [5.74, 6) is 1.61. The van der Waals surface area contributed by atoms with Crippen LogP contribution in [0.2, 0.25) is 0 Å². The molecule has 0 saturated heterocycles. The average Bonchev–Trinajstić information content (AvgIpc) is 2.42. The minimum absolute atomic E-state index is 0.383. The molecule has 0 bridgehead atoms. The Balaban J connectivity index is 2.83. The maximum absolute atomic E-state index is 11.6. The van der Waals surface area contributed by atoms with E-state index >= 15 is 0 Å². The fourth-order valence-electron chi connectivity index (χ4n) is 2.06. The molecule has 0 aliphatic carbocycles. The Kier molecular flexibility index (Phi) is 6.50. The lowest BCUT2D eigenvalue weighted by Gasteiger charge is -2.26. The van der Waals surface area contributed by atoms with Crippen molar-refractivity contribution in [3.05, 3.63) is 33.4 Å². The molecular formula is C16H19IO3. The van der Waals surface area contributed by atoms with E-state index < -0.39 is 17.5 Å². The molecule has 1 aromatic carbocycles. The fraction of sp³-hybridized carbons (Fsp3) is 0.438. The van der Waals surface area contributed by atoms with E-state index in [9.17, 15) is 15.0 Å². The molecule has 0 aliphatic heterocycles. The van der Waals surface area contributed by atoms with Gasteiger partial charge in [-0.25, -0.2) is 0 Å². The van der Waals surface area contributed by atoms with Crippen LogP contribution < -0.4 is 0 Å². The van der Waals surface area contributed by atoms with E-state index in [0.717, 1.165) is 9.13 Å². The number of hydrogen-bond acceptors (Lipinski definition) is 2. The number of hydrogen-bond donors (Lipinski definition) is 2. The number of carbonyl (C=O) groups is 1. The molecule has 20 heavy (non-hydrogen) atoms. The highest BCUT2D eigenvalue weighted by Gasteiger charge is 2.35. The molecule has 0 aliphatic rings. The summed E-state index contributed by atoms with van der Waals surface area (Å²) < 4.78 is 1.00. The molecule has 1 aromatic rings. The minimum atomic E-state index is -0.988. The second-order valence-corrected chi connectivity index (χ2v) is 6.33. The second-order valence-electron chi connectivity index (χ2n) is 5.08. The first-order valence-corrected chi connectivity index (χ1v) is 7.59. The summed E-state index contributed by atoms with van der Waals surface area (Å²) in [5.41, 5.74) is -0.223. The number of aliphatic hydroxyl groups excluding tert-OH is 1. The third-order valence-electron chi connectivity index (χ3n) is 3.53. The van der Waals surface area contributed by atoms with Crippen LogP contribution in [0.25, 0.3) is 0 Å². The highest BCUT2D eigenvalue weighted by atomic mass is 127. The predicted octanol–water partition coefficient (Wildman–Crippen LogP) is 3.19. The highest BCUT2D eigenvalue weighted by molar-refractivity contribution is 14.1. The maximum atomic E-state index is 11.6. The standard InChI is InChI=1S/C16H19IO3/c1-3-4-8-14(18)9-10-16(2,15(19)20)12-6-5-7-13(17)11-12/h1,5-7,11,14,18H,4,8-10H2,2H3,(H,19,20). The van der Waals surface area contributed by atoms with Crippen LogP contribution in [0.5, 0.6) is 0 Å². The molecule has 0 aromatic heterocycles. The van der Waals surface area contributed by atoms with Crippen LogP contribution in [-0.4, -0.2) is 22.3 Å². The van der Waals surface area contributed by atoms with Gasteiger partial charge in [0.2, 0.25) is 0 Å². The second kappa shape index (κ2) is 7.65. The van der Waals surface area contributed by atoms with Crippen molar-refractivity contribution in [3.8, 4) is 12.3 Å². The number of aliphatic hydroxyl groups is 1. The van der Waals surface area contributed by atoms with Gasteiger partial charge in [0.25, 0.3) is 0 Å². The highest BCUT2D eigenvalue weighted by Crippen LogP contribution is 2.31. The Morgan fingerprint density at radius 3 is 2.75 bits per heavy atom. The molecule has 2 atom stereocenters. The van der Waals surface area contributed by atoms with Gasteiger partial charge in [0.1, 0.15) is 0 Å². The lowest BCUT2D eigenvalue weighted by molar-refractivity contribution is -0.143. The van der Waals surface area contributed by atoms with E-state index in [1.807, 2.05) is 24.3 Å². The number of halogens is 1. The minimum Gasteiger partial charge on any atom is -0.481 e. The number of carboxylic acids is 1. The zero-order chi connectivity index (χ0) is 15.2. The van der Waals surface area contributed by atoms with Gasteiger partial charge in [0.15, 0.2) is 0 Å². The summed E-state index contributed by atoms with van der Waals surface area (Å²) in [6.07, 6.45) is 6.44. The Morgan fingerprint density at radius 2 is 2.20 bits per heavy atom. The zero-order valence-corrected chi connectivity index (χ0v) is 13.6. The van der Waals surface area contributed by atoms with E-state index in [4.69, 9.17) is 6.42 Å². The SMILES string of the molecule is C#CCCC(O)CCC(C)(C(=O)O)c1cccc(I)c1. The van der Waals surface area contributed by atoms with E-state index in [0.29, 0.717) is 25.7 Å². The van der Waals surface area contributed by atoms with Crippen molar-refractivity contribution in [3.63, 3.8) is 0 Å². The Morgan fingerprint density at radius 1 is 1.50 bits per heavy atom. The molecule has 0 amide bonds. The van der Waals surface area contributed by atoms with Crippen molar-refractivity contribution in [1.82, 2.24) is 0 Å². The molecule has 0 heterocycles. The summed E-state index contributed by atoms with van der Waals surface area (Å²) in [6.45, 7) is 1.70. The smallest absolute Gasteiger partial charge is 0.313 e. The number of aliphatic carboxylic acids is 1. The Hall–Kier alpha value is -1.06. The summed E-state index contributed by atoms with van der Waals surface area (Å²) in [7, 11) is 0. The fourth-order valence-corrected chi connectivity index (χ4v) is 2.60. The van der Waals surface area contributed by atoms with Gasteiger partial charge in [0, 0.05) is 9.99 Å². The average molecular weight is 386 g/mol. The largest absolute Gasteiger partial charge is 0.481 e. The predicted molar refractivity (Wildman–Crippen MR) is 87.5 cm³/mol. The van der Waals surface area contributed by atoms with Gasteiger partial charge in [-0.2, -0.15) is 0 Å². The number of benzene rings is 1.